The van der Waals surface area contributed by atoms with Gasteiger partial charge in [0.05, 0.1) is 10.2 Å². The minimum Gasteiger partial charge on any atom is -0.358 e. The molecule has 0 amide bonds. The monoisotopic (exact) mass is 270 g/mol. The van der Waals surface area contributed by atoms with Gasteiger partial charge < -0.3 is 10.1 Å². The molecule has 7 heteroatoms. The van der Waals surface area contributed by atoms with Gasteiger partial charge in [-0.25, -0.2) is 0 Å². The normalized spacial score (nSPS) is 10.9. The summed E-state index contributed by atoms with van der Waals surface area (Å²) >= 11 is 3.28. The fraction of sp³-hybridized carbons (Fsp3) is 0.250. The van der Waals surface area contributed by atoms with Crippen molar-refractivity contribution in [1.29, 1.82) is 0 Å². The SMILES string of the molecule is Cc1nc2nc(C)c([N+](=O)[O-])n2cc1Br. The molecule has 0 aliphatic rings. The smallest absolute Gasteiger partial charge is 0.352 e. The number of aromatic nitrogens is 3. The largest absolute Gasteiger partial charge is 0.358 e. The summed E-state index contributed by atoms with van der Waals surface area (Å²) in [7, 11) is 0. The third-order valence-corrected chi connectivity index (χ3v) is 2.84. The summed E-state index contributed by atoms with van der Waals surface area (Å²) in [5.41, 5.74) is 1.12. The summed E-state index contributed by atoms with van der Waals surface area (Å²) in [6.07, 6.45) is 1.61. The van der Waals surface area contributed by atoms with Crippen LogP contribution in [-0.2, 0) is 0 Å². The molecule has 2 rings (SSSR count). The number of hydrogen-bond acceptors (Lipinski definition) is 4. The van der Waals surface area contributed by atoms with Crippen molar-refractivity contribution in [2.75, 3.05) is 0 Å². The van der Waals surface area contributed by atoms with Gasteiger partial charge in [0.25, 0.3) is 0 Å². The van der Waals surface area contributed by atoms with Crippen molar-refractivity contribution >= 4 is 27.5 Å². The molecule has 0 unspecified atom stereocenters. The predicted octanol–water partition coefficient (Wildman–Crippen LogP) is 2.02. The van der Waals surface area contributed by atoms with Crippen LogP contribution < -0.4 is 0 Å². The van der Waals surface area contributed by atoms with Gasteiger partial charge in [-0.05, 0) is 34.7 Å². The van der Waals surface area contributed by atoms with E-state index in [1.807, 2.05) is 0 Å². The van der Waals surface area contributed by atoms with Crippen LogP contribution in [0, 0.1) is 24.0 Å². The highest BCUT2D eigenvalue weighted by molar-refractivity contribution is 9.10. The first-order valence-corrected chi connectivity index (χ1v) is 4.96. The Bertz CT molecular complexity index is 563. The highest BCUT2D eigenvalue weighted by Crippen LogP contribution is 2.22. The first kappa shape index (κ1) is 10.0. The first-order valence-electron chi connectivity index (χ1n) is 4.17. The Morgan fingerprint density at radius 2 is 2.00 bits per heavy atom. The maximum absolute atomic E-state index is 10.8. The summed E-state index contributed by atoms with van der Waals surface area (Å²) in [6.45, 7) is 3.40. The highest BCUT2D eigenvalue weighted by Gasteiger charge is 2.21. The molecule has 0 aromatic carbocycles. The average Bonchev–Trinajstić information content (AvgIpc) is 2.41. The molecule has 0 saturated carbocycles. The first-order chi connectivity index (χ1) is 7.00. The number of nitro groups is 1. The van der Waals surface area contributed by atoms with Crippen molar-refractivity contribution < 1.29 is 4.92 Å². The molecule has 2 aromatic rings. The Labute approximate surface area is 93.2 Å². The van der Waals surface area contributed by atoms with Crippen LogP contribution in [0.1, 0.15) is 11.4 Å². The molecule has 78 valence electrons. The zero-order valence-electron chi connectivity index (χ0n) is 8.06. The number of aryl methyl sites for hydroxylation is 2. The van der Waals surface area contributed by atoms with Crippen molar-refractivity contribution in [1.82, 2.24) is 14.4 Å². The van der Waals surface area contributed by atoms with Crippen LogP contribution in [0.2, 0.25) is 0 Å². The van der Waals surface area contributed by atoms with Gasteiger partial charge in [0.15, 0.2) is 0 Å². The Hall–Kier alpha value is -1.50. The van der Waals surface area contributed by atoms with Gasteiger partial charge in [-0.2, -0.15) is 14.4 Å². The van der Waals surface area contributed by atoms with Crippen molar-refractivity contribution in [2.45, 2.75) is 13.8 Å². The van der Waals surface area contributed by atoms with E-state index in [0.29, 0.717) is 11.5 Å². The molecule has 15 heavy (non-hydrogen) atoms. The Morgan fingerprint density at radius 1 is 1.40 bits per heavy atom. The summed E-state index contributed by atoms with van der Waals surface area (Å²) in [4.78, 5) is 18.5. The van der Waals surface area contributed by atoms with E-state index in [9.17, 15) is 10.1 Å². The molecule has 0 atom stereocenters. The van der Waals surface area contributed by atoms with E-state index in [0.717, 1.165) is 10.2 Å². The standard InChI is InChI=1S/C8H7BrN4O2/c1-4-6(9)3-12-7(13(14)15)5(2)11-8(12)10-4/h3H,1-2H3. The third kappa shape index (κ3) is 1.48. The third-order valence-electron chi connectivity index (χ3n) is 2.06. The summed E-state index contributed by atoms with van der Waals surface area (Å²) in [6, 6.07) is 0. The molecule has 6 nitrogen and oxygen atoms in total. The van der Waals surface area contributed by atoms with Gasteiger partial charge in [-0.3, -0.25) is 0 Å². The summed E-state index contributed by atoms with van der Waals surface area (Å²) in [5.74, 6) is 0.304. The van der Waals surface area contributed by atoms with Crippen molar-refractivity contribution in [3.8, 4) is 0 Å². The molecule has 0 radical (unpaired) electrons. The fourth-order valence-corrected chi connectivity index (χ4v) is 1.64. The van der Waals surface area contributed by atoms with Gasteiger partial charge in [0, 0.05) is 0 Å². The van der Waals surface area contributed by atoms with Crippen LogP contribution in [0.3, 0.4) is 0 Å². The molecule has 0 aliphatic heterocycles. The zero-order chi connectivity index (χ0) is 11.2. The number of nitrogens with zero attached hydrogens (tertiary/aromatic N) is 4. The number of halogens is 1. The quantitative estimate of drug-likeness (QED) is 0.587. The highest BCUT2D eigenvalue weighted by atomic mass is 79.9. The molecule has 0 N–H and O–H groups in total. The lowest BCUT2D eigenvalue weighted by atomic mass is 10.4. The van der Waals surface area contributed by atoms with Crippen LogP contribution in [0.5, 0.6) is 0 Å². The molecule has 2 aromatic heterocycles. The number of imidazole rings is 1. The Kier molecular flexibility index (Phi) is 2.18. The summed E-state index contributed by atoms with van der Waals surface area (Å²) in [5, 5.41) is 10.8. The van der Waals surface area contributed by atoms with E-state index in [-0.39, 0.29) is 5.82 Å². The average molecular weight is 271 g/mol. The maximum Gasteiger partial charge on any atom is 0.352 e. The molecular weight excluding hydrogens is 264 g/mol. The second kappa shape index (κ2) is 3.27. The maximum atomic E-state index is 10.8. The van der Waals surface area contributed by atoms with E-state index < -0.39 is 4.92 Å². The van der Waals surface area contributed by atoms with Gasteiger partial charge >= 0.3 is 11.6 Å². The van der Waals surface area contributed by atoms with E-state index in [2.05, 4.69) is 25.9 Å². The van der Waals surface area contributed by atoms with Crippen LogP contribution in [0.4, 0.5) is 5.82 Å². The van der Waals surface area contributed by atoms with Crippen molar-refractivity contribution in [3.05, 3.63) is 32.2 Å². The fourth-order valence-electron chi connectivity index (χ4n) is 1.35. The molecule has 0 aliphatic carbocycles. The topological polar surface area (TPSA) is 73.3 Å². The van der Waals surface area contributed by atoms with E-state index >= 15 is 0 Å². The lowest BCUT2D eigenvalue weighted by molar-refractivity contribution is -0.390. The Balaban J connectivity index is 2.87. The Morgan fingerprint density at radius 3 is 2.60 bits per heavy atom. The molecular formula is C8H7BrN4O2. The molecule has 0 saturated heterocycles. The van der Waals surface area contributed by atoms with Crippen LogP contribution in [-0.4, -0.2) is 19.3 Å². The van der Waals surface area contributed by atoms with Gasteiger partial charge in [0.2, 0.25) is 0 Å². The second-order valence-electron chi connectivity index (χ2n) is 3.12. The van der Waals surface area contributed by atoms with E-state index in [1.54, 1.807) is 20.0 Å². The van der Waals surface area contributed by atoms with Gasteiger partial charge in [-0.1, -0.05) is 0 Å². The molecule has 2 heterocycles. The van der Waals surface area contributed by atoms with Gasteiger partial charge in [-0.15, -0.1) is 0 Å². The van der Waals surface area contributed by atoms with Crippen LogP contribution in [0.15, 0.2) is 10.7 Å². The second-order valence-corrected chi connectivity index (χ2v) is 3.98. The van der Waals surface area contributed by atoms with E-state index in [4.69, 9.17) is 0 Å². The van der Waals surface area contributed by atoms with E-state index in [1.165, 1.54) is 4.40 Å². The van der Waals surface area contributed by atoms with Crippen LogP contribution >= 0.6 is 15.9 Å². The van der Waals surface area contributed by atoms with Crippen molar-refractivity contribution in [3.63, 3.8) is 0 Å². The lowest BCUT2D eigenvalue weighted by Crippen LogP contribution is -1.97. The minimum atomic E-state index is -0.460. The van der Waals surface area contributed by atoms with Crippen LogP contribution in [0.25, 0.3) is 5.78 Å². The molecule has 0 bridgehead atoms. The molecule has 0 spiro atoms. The van der Waals surface area contributed by atoms with Crippen molar-refractivity contribution in [2.24, 2.45) is 0 Å². The predicted molar refractivity (Wildman–Crippen MR) is 56.8 cm³/mol. The zero-order valence-corrected chi connectivity index (χ0v) is 9.65. The number of hydrogen-bond donors (Lipinski definition) is 0. The number of rotatable bonds is 1. The molecule has 0 fully saturated rings. The summed E-state index contributed by atoms with van der Waals surface area (Å²) < 4.78 is 2.09. The lowest BCUT2D eigenvalue weighted by Gasteiger charge is -1.96. The number of fused-ring (bicyclic) bond motifs is 1. The van der Waals surface area contributed by atoms with Gasteiger partial charge in [0.1, 0.15) is 11.9 Å². The minimum absolute atomic E-state index is 0.0433.